The zero-order chi connectivity index (χ0) is 10.7. The van der Waals surface area contributed by atoms with E-state index in [1.165, 1.54) is 0 Å². The monoisotopic (exact) mass is 266 g/mol. The number of nitrogens with two attached hydrogens (primary N) is 1. The summed E-state index contributed by atoms with van der Waals surface area (Å²) in [7, 11) is 0. The number of pyridine rings is 1. The highest BCUT2D eigenvalue weighted by Gasteiger charge is 2.13. The van der Waals surface area contributed by atoms with Crippen LogP contribution >= 0.6 is 15.9 Å². The lowest BCUT2D eigenvalue weighted by atomic mass is 10.1. The molecule has 2 rings (SSSR count). The van der Waals surface area contributed by atoms with Crippen LogP contribution in [0.1, 0.15) is 17.4 Å². The molecule has 0 saturated heterocycles. The molecule has 0 radical (unpaired) electrons. The minimum absolute atomic E-state index is 0.140. The summed E-state index contributed by atoms with van der Waals surface area (Å²) in [4.78, 5) is 4.04. The lowest BCUT2D eigenvalue weighted by Crippen LogP contribution is -2.13. The van der Waals surface area contributed by atoms with Gasteiger partial charge in [0.15, 0.2) is 0 Å². The predicted octanol–water partition coefficient (Wildman–Crippen LogP) is 2.68. The van der Waals surface area contributed by atoms with E-state index in [1.54, 1.807) is 12.5 Å². The first-order valence-electron chi connectivity index (χ1n) is 4.65. The minimum atomic E-state index is -0.140. The molecule has 0 aliphatic carbocycles. The first-order valence-corrected chi connectivity index (χ1v) is 5.44. The summed E-state index contributed by atoms with van der Waals surface area (Å²) in [5, 5.41) is 0. The van der Waals surface area contributed by atoms with Crippen molar-refractivity contribution in [1.29, 1.82) is 0 Å². The van der Waals surface area contributed by atoms with Crippen molar-refractivity contribution in [3.8, 4) is 0 Å². The largest absolute Gasteiger partial charge is 0.466 e. The smallest absolute Gasteiger partial charge is 0.134 e. The molecular formula is C11H11BrN2O. The Labute approximate surface area is 96.4 Å². The van der Waals surface area contributed by atoms with Crippen LogP contribution in [0.4, 0.5) is 0 Å². The highest BCUT2D eigenvalue weighted by atomic mass is 79.9. The molecule has 0 aromatic carbocycles. The fourth-order valence-electron chi connectivity index (χ4n) is 1.44. The molecule has 1 unspecified atom stereocenters. The second kappa shape index (κ2) is 4.59. The SMILES string of the molecule is NC(Cc1cccnc1)c1occc1Br. The van der Waals surface area contributed by atoms with E-state index in [0.717, 1.165) is 22.2 Å². The molecule has 0 saturated carbocycles. The van der Waals surface area contributed by atoms with Crippen LogP contribution in [0.2, 0.25) is 0 Å². The van der Waals surface area contributed by atoms with Crippen LogP contribution in [0.25, 0.3) is 0 Å². The summed E-state index contributed by atoms with van der Waals surface area (Å²) < 4.78 is 6.22. The van der Waals surface area contributed by atoms with Gasteiger partial charge in [0.1, 0.15) is 5.76 Å². The van der Waals surface area contributed by atoms with Gasteiger partial charge in [0.05, 0.1) is 16.8 Å². The lowest BCUT2D eigenvalue weighted by Gasteiger charge is -2.08. The van der Waals surface area contributed by atoms with Crippen LogP contribution in [0.5, 0.6) is 0 Å². The fraction of sp³-hybridized carbons (Fsp3) is 0.182. The Balaban J connectivity index is 2.11. The first-order chi connectivity index (χ1) is 7.27. The van der Waals surface area contributed by atoms with Crippen LogP contribution in [0, 0.1) is 0 Å². The molecule has 2 aromatic heterocycles. The van der Waals surface area contributed by atoms with Crippen molar-refractivity contribution in [3.05, 3.63) is 52.7 Å². The van der Waals surface area contributed by atoms with Gasteiger partial charge in [-0.15, -0.1) is 0 Å². The average molecular weight is 267 g/mol. The van der Waals surface area contributed by atoms with Gasteiger partial charge in [0, 0.05) is 12.4 Å². The molecule has 1 atom stereocenters. The van der Waals surface area contributed by atoms with E-state index in [9.17, 15) is 0 Å². The van der Waals surface area contributed by atoms with Gasteiger partial charge in [0.25, 0.3) is 0 Å². The Morgan fingerprint density at radius 2 is 2.33 bits per heavy atom. The van der Waals surface area contributed by atoms with E-state index in [-0.39, 0.29) is 6.04 Å². The van der Waals surface area contributed by atoms with Gasteiger partial charge in [-0.05, 0) is 40.0 Å². The maximum atomic E-state index is 6.02. The molecule has 78 valence electrons. The molecule has 0 spiro atoms. The Hall–Kier alpha value is -1.13. The van der Waals surface area contributed by atoms with Crippen molar-refractivity contribution >= 4 is 15.9 Å². The van der Waals surface area contributed by atoms with E-state index >= 15 is 0 Å². The molecule has 2 aromatic rings. The van der Waals surface area contributed by atoms with E-state index < -0.39 is 0 Å². The number of rotatable bonds is 3. The summed E-state index contributed by atoms with van der Waals surface area (Å²) in [6.07, 6.45) is 5.91. The third kappa shape index (κ3) is 2.46. The summed E-state index contributed by atoms with van der Waals surface area (Å²) in [6.45, 7) is 0. The van der Waals surface area contributed by atoms with Crippen LogP contribution in [-0.2, 0) is 6.42 Å². The molecule has 0 bridgehead atoms. The zero-order valence-electron chi connectivity index (χ0n) is 8.06. The molecule has 0 amide bonds. The Morgan fingerprint density at radius 1 is 1.47 bits per heavy atom. The molecule has 15 heavy (non-hydrogen) atoms. The molecule has 2 heterocycles. The number of hydrogen-bond donors (Lipinski definition) is 1. The topological polar surface area (TPSA) is 52.0 Å². The van der Waals surface area contributed by atoms with Gasteiger partial charge in [-0.3, -0.25) is 4.98 Å². The molecule has 0 fully saturated rings. The number of hydrogen-bond acceptors (Lipinski definition) is 3. The first kappa shape index (κ1) is 10.4. The summed E-state index contributed by atoms with van der Waals surface area (Å²) >= 11 is 3.39. The van der Waals surface area contributed by atoms with Crippen molar-refractivity contribution in [2.24, 2.45) is 5.73 Å². The third-order valence-corrected chi connectivity index (χ3v) is 2.82. The average Bonchev–Trinajstić information content (AvgIpc) is 2.66. The Kier molecular flexibility index (Phi) is 3.18. The minimum Gasteiger partial charge on any atom is -0.466 e. The highest BCUT2D eigenvalue weighted by Crippen LogP contribution is 2.25. The van der Waals surface area contributed by atoms with Gasteiger partial charge in [-0.1, -0.05) is 6.07 Å². The van der Waals surface area contributed by atoms with Gasteiger partial charge in [-0.25, -0.2) is 0 Å². The normalized spacial score (nSPS) is 12.7. The zero-order valence-corrected chi connectivity index (χ0v) is 9.65. The van der Waals surface area contributed by atoms with E-state index in [4.69, 9.17) is 10.2 Å². The van der Waals surface area contributed by atoms with E-state index in [2.05, 4.69) is 20.9 Å². The lowest BCUT2D eigenvalue weighted by molar-refractivity contribution is 0.462. The van der Waals surface area contributed by atoms with Gasteiger partial charge >= 0.3 is 0 Å². The van der Waals surface area contributed by atoms with Crippen LogP contribution in [-0.4, -0.2) is 4.98 Å². The fourth-order valence-corrected chi connectivity index (χ4v) is 1.93. The van der Waals surface area contributed by atoms with Gasteiger partial charge < -0.3 is 10.2 Å². The Morgan fingerprint density at radius 3 is 2.93 bits per heavy atom. The maximum Gasteiger partial charge on any atom is 0.134 e. The van der Waals surface area contributed by atoms with Crippen molar-refractivity contribution in [2.45, 2.75) is 12.5 Å². The highest BCUT2D eigenvalue weighted by molar-refractivity contribution is 9.10. The molecule has 2 N–H and O–H groups in total. The summed E-state index contributed by atoms with van der Waals surface area (Å²) in [5.41, 5.74) is 7.13. The van der Waals surface area contributed by atoms with Crippen molar-refractivity contribution < 1.29 is 4.42 Å². The third-order valence-electron chi connectivity index (χ3n) is 2.16. The van der Waals surface area contributed by atoms with Crippen LogP contribution < -0.4 is 5.73 Å². The Bertz CT molecular complexity index is 427. The molecule has 4 heteroatoms. The van der Waals surface area contributed by atoms with Gasteiger partial charge in [-0.2, -0.15) is 0 Å². The van der Waals surface area contributed by atoms with Crippen LogP contribution in [0.3, 0.4) is 0 Å². The van der Waals surface area contributed by atoms with Crippen LogP contribution in [0.15, 0.2) is 45.7 Å². The number of nitrogens with zero attached hydrogens (tertiary/aromatic N) is 1. The number of furan rings is 1. The summed E-state index contributed by atoms with van der Waals surface area (Å²) in [6, 6.07) is 5.61. The number of aromatic nitrogens is 1. The predicted molar refractivity (Wildman–Crippen MR) is 61.3 cm³/mol. The summed E-state index contributed by atoms with van der Waals surface area (Å²) in [5.74, 6) is 0.777. The molecule has 3 nitrogen and oxygen atoms in total. The molecule has 0 aliphatic heterocycles. The van der Waals surface area contributed by atoms with Crippen molar-refractivity contribution in [1.82, 2.24) is 4.98 Å². The van der Waals surface area contributed by atoms with Crippen molar-refractivity contribution in [2.75, 3.05) is 0 Å². The molecular weight excluding hydrogens is 256 g/mol. The second-order valence-electron chi connectivity index (χ2n) is 3.30. The van der Waals surface area contributed by atoms with E-state index in [1.807, 2.05) is 24.4 Å². The standard InChI is InChI=1S/C11H11BrN2O/c12-9-3-5-15-11(9)10(13)6-8-2-1-4-14-7-8/h1-5,7,10H,6,13H2. The number of halogens is 1. The van der Waals surface area contributed by atoms with Gasteiger partial charge in [0.2, 0.25) is 0 Å². The van der Waals surface area contributed by atoms with Crippen molar-refractivity contribution in [3.63, 3.8) is 0 Å². The quantitative estimate of drug-likeness (QED) is 0.930. The second-order valence-corrected chi connectivity index (χ2v) is 4.16. The molecule has 0 aliphatic rings. The van der Waals surface area contributed by atoms with E-state index in [0.29, 0.717) is 0 Å². The maximum absolute atomic E-state index is 6.02.